The number of rotatable bonds is 1. The number of aromatic nitrogens is 3. The summed E-state index contributed by atoms with van der Waals surface area (Å²) in [6, 6.07) is 3.50. The van der Waals surface area contributed by atoms with Gasteiger partial charge in [-0.2, -0.15) is 0 Å². The maximum Gasteiger partial charge on any atom is 0.167 e. The van der Waals surface area contributed by atoms with Crippen LogP contribution in [0.15, 0.2) is 23.3 Å². The second-order valence-corrected chi connectivity index (χ2v) is 5.31. The molecule has 7 heteroatoms. The molecule has 0 atom stereocenters. The minimum absolute atomic E-state index is 0.135. The molecule has 1 N–H and O–H groups in total. The minimum Gasteiger partial charge on any atom is -0.381 e. The van der Waals surface area contributed by atoms with E-state index < -0.39 is 0 Å². The average molecular weight is 306 g/mol. The molecule has 1 saturated heterocycles. The van der Waals surface area contributed by atoms with Gasteiger partial charge in [0.25, 0.3) is 0 Å². The fraction of sp³-hybridized carbons (Fsp3) is 0.429. The summed E-state index contributed by atoms with van der Waals surface area (Å²) < 4.78 is 7.11. The summed E-state index contributed by atoms with van der Waals surface area (Å²) in [7, 11) is 1.68. The molecule has 0 spiro atoms. The van der Waals surface area contributed by atoms with Crippen LogP contribution in [0, 0.1) is 11.3 Å². The van der Waals surface area contributed by atoms with Crippen molar-refractivity contribution >= 4 is 28.6 Å². The van der Waals surface area contributed by atoms with Gasteiger partial charge in [0.05, 0.1) is 6.20 Å². The summed E-state index contributed by atoms with van der Waals surface area (Å²) in [4.78, 5) is 12.9. The number of nitrogens with one attached hydrogen (secondary N) is 1. The van der Waals surface area contributed by atoms with Gasteiger partial charge in [-0.15, -0.1) is 0 Å². The van der Waals surface area contributed by atoms with Crippen LogP contribution in [0.4, 0.5) is 0 Å². The van der Waals surface area contributed by atoms with Crippen molar-refractivity contribution in [2.24, 2.45) is 10.9 Å². The lowest BCUT2D eigenvalue weighted by molar-refractivity contribution is 0.0819. The van der Waals surface area contributed by atoms with E-state index in [1.807, 2.05) is 0 Å². The van der Waals surface area contributed by atoms with Crippen molar-refractivity contribution in [2.45, 2.75) is 12.8 Å². The Morgan fingerprint density at radius 2 is 2.19 bits per heavy atom. The lowest BCUT2D eigenvalue weighted by Gasteiger charge is -2.24. The molecular formula is C14H16ClN5O. The second-order valence-electron chi connectivity index (χ2n) is 4.92. The molecule has 0 amide bonds. The van der Waals surface area contributed by atoms with E-state index in [2.05, 4.69) is 15.0 Å². The molecule has 2 aromatic rings. The van der Waals surface area contributed by atoms with E-state index in [1.54, 1.807) is 29.9 Å². The fourth-order valence-electron chi connectivity index (χ4n) is 2.53. The molecule has 0 radical (unpaired) electrons. The SMILES string of the molecule is CN=c1cnc2ccc(Cl)nc2n1C(=N)C1CCOCC1. The van der Waals surface area contributed by atoms with Crippen LogP contribution in [0.3, 0.4) is 0 Å². The quantitative estimate of drug-likeness (QED) is 0.496. The number of ether oxygens (including phenoxy) is 1. The van der Waals surface area contributed by atoms with Crippen molar-refractivity contribution in [3.05, 3.63) is 29.0 Å². The molecule has 0 aliphatic carbocycles. The number of nitrogens with zero attached hydrogens (tertiary/aromatic N) is 4. The van der Waals surface area contributed by atoms with E-state index in [0.717, 1.165) is 12.8 Å². The van der Waals surface area contributed by atoms with Gasteiger partial charge in [-0.3, -0.25) is 15.0 Å². The smallest absolute Gasteiger partial charge is 0.167 e. The lowest BCUT2D eigenvalue weighted by atomic mass is 9.99. The highest BCUT2D eigenvalue weighted by atomic mass is 35.5. The molecule has 0 saturated carbocycles. The number of hydrogen-bond donors (Lipinski definition) is 1. The van der Waals surface area contributed by atoms with Crippen LogP contribution < -0.4 is 5.49 Å². The number of fused-ring (bicyclic) bond motifs is 1. The summed E-state index contributed by atoms with van der Waals surface area (Å²) in [6.45, 7) is 1.37. The average Bonchev–Trinajstić information content (AvgIpc) is 2.53. The Labute approximate surface area is 127 Å². The van der Waals surface area contributed by atoms with Gasteiger partial charge in [-0.25, -0.2) is 9.97 Å². The topological polar surface area (TPSA) is 76.2 Å². The molecule has 1 aliphatic rings. The number of hydrogen-bond acceptors (Lipinski definition) is 5. The van der Waals surface area contributed by atoms with Gasteiger partial charge in [0.2, 0.25) is 0 Å². The Hall–Kier alpha value is -1.79. The van der Waals surface area contributed by atoms with Crippen molar-refractivity contribution in [2.75, 3.05) is 20.3 Å². The van der Waals surface area contributed by atoms with Crippen molar-refractivity contribution in [3.8, 4) is 0 Å². The monoisotopic (exact) mass is 305 g/mol. The normalized spacial score (nSPS) is 17.3. The number of halogens is 1. The van der Waals surface area contributed by atoms with Gasteiger partial charge >= 0.3 is 0 Å². The van der Waals surface area contributed by atoms with Gasteiger partial charge in [-0.05, 0) is 25.0 Å². The summed E-state index contributed by atoms with van der Waals surface area (Å²) in [5.74, 6) is 0.608. The molecule has 3 heterocycles. The Balaban J connectivity index is 2.19. The van der Waals surface area contributed by atoms with Gasteiger partial charge in [0.1, 0.15) is 16.5 Å². The molecule has 2 aromatic heterocycles. The van der Waals surface area contributed by atoms with Gasteiger partial charge in [-0.1, -0.05) is 11.6 Å². The van der Waals surface area contributed by atoms with Crippen LogP contribution in [-0.4, -0.2) is 40.6 Å². The first-order valence-electron chi connectivity index (χ1n) is 6.84. The number of pyridine rings is 1. The van der Waals surface area contributed by atoms with Crippen LogP contribution in [0.25, 0.3) is 11.2 Å². The van der Waals surface area contributed by atoms with E-state index >= 15 is 0 Å². The van der Waals surface area contributed by atoms with Crippen molar-refractivity contribution < 1.29 is 4.74 Å². The zero-order chi connectivity index (χ0) is 14.8. The Morgan fingerprint density at radius 1 is 1.43 bits per heavy atom. The third kappa shape index (κ3) is 2.69. The molecule has 0 aromatic carbocycles. The first kappa shape index (κ1) is 14.2. The maximum absolute atomic E-state index is 8.56. The molecule has 3 rings (SSSR count). The first-order valence-corrected chi connectivity index (χ1v) is 7.22. The van der Waals surface area contributed by atoms with Crippen molar-refractivity contribution in [1.82, 2.24) is 14.5 Å². The van der Waals surface area contributed by atoms with Gasteiger partial charge < -0.3 is 4.74 Å². The molecule has 0 unspecified atom stereocenters. The Kier molecular flexibility index (Phi) is 3.98. The lowest BCUT2D eigenvalue weighted by Crippen LogP contribution is -2.35. The van der Waals surface area contributed by atoms with Crippen LogP contribution in [0.5, 0.6) is 0 Å². The zero-order valence-corrected chi connectivity index (χ0v) is 12.5. The summed E-state index contributed by atoms with van der Waals surface area (Å²) in [6.07, 6.45) is 3.32. The van der Waals surface area contributed by atoms with E-state index in [9.17, 15) is 0 Å². The predicted molar refractivity (Wildman–Crippen MR) is 80.7 cm³/mol. The standard InChI is InChI=1S/C14H16ClN5O/c1-17-12-8-18-10-2-3-11(15)19-14(10)20(12)13(16)9-4-6-21-7-5-9/h2-3,8-9,16H,4-7H2,1H3. The van der Waals surface area contributed by atoms with Crippen LogP contribution in [0.1, 0.15) is 12.8 Å². The molecule has 110 valence electrons. The molecule has 0 bridgehead atoms. The van der Waals surface area contributed by atoms with Crippen LogP contribution in [-0.2, 0) is 4.74 Å². The highest BCUT2D eigenvalue weighted by molar-refractivity contribution is 6.29. The molecule has 1 fully saturated rings. The Morgan fingerprint density at radius 3 is 2.90 bits per heavy atom. The molecule has 1 aliphatic heterocycles. The largest absolute Gasteiger partial charge is 0.381 e. The van der Waals surface area contributed by atoms with E-state index in [0.29, 0.717) is 40.9 Å². The minimum atomic E-state index is 0.135. The van der Waals surface area contributed by atoms with Crippen LogP contribution in [0.2, 0.25) is 5.15 Å². The van der Waals surface area contributed by atoms with Gasteiger partial charge in [0, 0.05) is 26.2 Å². The van der Waals surface area contributed by atoms with E-state index in [1.165, 1.54) is 0 Å². The summed E-state index contributed by atoms with van der Waals surface area (Å²) in [5, 5.41) is 8.94. The molecule has 21 heavy (non-hydrogen) atoms. The third-order valence-corrected chi connectivity index (χ3v) is 3.87. The summed E-state index contributed by atoms with van der Waals surface area (Å²) in [5.41, 5.74) is 1.87. The molecule has 6 nitrogen and oxygen atoms in total. The third-order valence-electron chi connectivity index (χ3n) is 3.66. The predicted octanol–water partition coefficient (Wildman–Crippen LogP) is 1.87. The van der Waals surface area contributed by atoms with E-state index in [4.69, 9.17) is 21.7 Å². The highest BCUT2D eigenvalue weighted by Crippen LogP contribution is 2.19. The van der Waals surface area contributed by atoms with Crippen molar-refractivity contribution in [3.63, 3.8) is 0 Å². The maximum atomic E-state index is 8.56. The second kappa shape index (κ2) is 5.91. The Bertz CT molecular complexity index is 749. The fourth-order valence-corrected chi connectivity index (χ4v) is 2.67. The van der Waals surface area contributed by atoms with Crippen molar-refractivity contribution in [1.29, 1.82) is 5.41 Å². The highest BCUT2D eigenvalue weighted by Gasteiger charge is 2.22. The first-order chi connectivity index (χ1) is 10.2. The summed E-state index contributed by atoms with van der Waals surface area (Å²) >= 11 is 6.00. The zero-order valence-electron chi connectivity index (χ0n) is 11.7. The molecular weight excluding hydrogens is 290 g/mol. The van der Waals surface area contributed by atoms with Gasteiger partial charge in [0.15, 0.2) is 11.1 Å². The van der Waals surface area contributed by atoms with E-state index in [-0.39, 0.29) is 5.92 Å². The van der Waals surface area contributed by atoms with Crippen LogP contribution >= 0.6 is 11.6 Å².